The molecule has 3 heteroatoms. The van der Waals surface area contributed by atoms with Crippen molar-refractivity contribution in [3.05, 3.63) is 53.9 Å². The van der Waals surface area contributed by atoms with Crippen LogP contribution in [0, 0.1) is 0 Å². The highest BCUT2D eigenvalue weighted by molar-refractivity contribution is 6.18. The number of hydrogen-bond donors (Lipinski definition) is 0. The van der Waals surface area contributed by atoms with Gasteiger partial charge in [-0.05, 0) is 28.8 Å². The second-order valence-electron chi connectivity index (χ2n) is 3.50. The van der Waals surface area contributed by atoms with E-state index in [1.165, 1.54) is 0 Å². The van der Waals surface area contributed by atoms with Gasteiger partial charge in [0.1, 0.15) is 0 Å². The van der Waals surface area contributed by atoms with Gasteiger partial charge in [-0.2, -0.15) is 0 Å². The van der Waals surface area contributed by atoms with Gasteiger partial charge in [-0.3, -0.25) is 4.98 Å². The molecule has 0 bridgehead atoms. The van der Waals surface area contributed by atoms with Gasteiger partial charge >= 0.3 is 0 Å². The van der Waals surface area contributed by atoms with Crippen molar-refractivity contribution >= 4 is 23.2 Å². The van der Waals surface area contributed by atoms with Crippen molar-refractivity contribution in [3.63, 3.8) is 0 Å². The van der Waals surface area contributed by atoms with Gasteiger partial charge in [-0.15, -0.1) is 23.2 Å². The van der Waals surface area contributed by atoms with Crippen molar-refractivity contribution in [2.45, 2.75) is 11.8 Å². The Hall–Kier alpha value is -1.05. The topological polar surface area (TPSA) is 12.9 Å². The molecule has 0 aliphatic carbocycles. The smallest absolute Gasteiger partial charge is 0.0480 e. The summed E-state index contributed by atoms with van der Waals surface area (Å²) in [6, 6.07) is 10.0. The lowest BCUT2D eigenvalue weighted by Gasteiger charge is -2.08. The maximum atomic E-state index is 5.92. The average molecular weight is 252 g/mol. The molecule has 0 saturated carbocycles. The molecular weight excluding hydrogens is 241 g/mol. The standard InChI is InChI=1S/C13H11Cl2N/c14-7-10-3-4-11(8-15)13(6-10)12-2-1-5-16-9-12/h1-6,9H,7-8H2. The molecule has 0 aliphatic rings. The molecule has 0 spiro atoms. The Morgan fingerprint density at radius 2 is 1.94 bits per heavy atom. The zero-order valence-corrected chi connectivity index (χ0v) is 10.2. The average Bonchev–Trinajstić information content (AvgIpc) is 2.39. The maximum absolute atomic E-state index is 5.92. The minimum Gasteiger partial charge on any atom is -0.264 e. The molecule has 16 heavy (non-hydrogen) atoms. The van der Waals surface area contributed by atoms with Crippen molar-refractivity contribution in [2.24, 2.45) is 0 Å². The lowest BCUT2D eigenvalue weighted by atomic mass is 10.00. The third-order valence-electron chi connectivity index (χ3n) is 2.45. The van der Waals surface area contributed by atoms with E-state index in [1.54, 1.807) is 6.20 Å². The van der Waals surface area contributed by atoms with Gasteiger partial charge in [0.2, 0.25) is 0 Å². The lowest BCUT2D eigenvalue weighted by Crippen LogP contribution is -1.89. The van der Waals surface area contributed by atoms with Crippen LogP contribution in [0.15, 0.2) is 42.7 Å². The summed E-state index contributed by atoms with van der Waals surface area (Å²) in [7, 11) is 0. The zero-order chi connectivity index (χ0) is 11.4. The number of aromatic nitrogens is 1. The van der Waals surface area contributed by atoms with E-state index in [9.17, 15) is 0 Å². The van der Waals surface area contributed by atoms with Gasteiger partial charge < -0.3 is 0 Å². The molecule has 0 N–H and O–H groups in total. The fourth-order valence-electron chi connectivity index (χ4n) is 1.61. The molecule has 0 fully saturated rings. The van der Waals surface area contributed by atoms with Crippen LogP contribution in [0.25, 0.3) is 11.1 Å². The molecule has 2 aromatic rings. The van der Waals surface area contributed by atoms with Gasteiger partial charge in [-0.1, -0.05) is 18.2 Å². The predicted octanol–water partition coefficient (Wildman–Crippen LogP) is 4.23. The van der Waals surface area contributed by atoms with Crippen LogP contribution in [0.3, 0.4) is 0 Å². The molecule has 82 valence electrons. The van der Waals surface area contributed by atoms with Crippen molar-refractivity contribution in [1.29, 1.82) is 0 Å². The second-order valence-corrected chi connectivity index (χ2v) is 4.03. The number of nitrogens with zero attached hydrogens (tertiary/aromatic N) is 1. The predicted molar refractivity (Wildman–Crippen MR) is 68.8 cm³/mol. The summed E-state index contributed by atoms with van der Waals surface area (Å²) < 4.78 is 0. The Morgan fingerprint density at radius 3 is 2.56 bits per heavy atom. The fraction of sp³-hybridized carbons (Fsp3) is 0.154. The monoisotopic (exact) mass is 251 g/mol. The molecule has 1 heterocycles. The Labute approximate surface area is 105 Å². The van der Waals surface area contributed by atoms with Crippen molar-refractivity contribution in [3.8, 4) is 11.1 Å². The Morgan fingerprint density at radius 1 is 1.06 bits per heavy atom. The van der Waals surface area contributed by atoms with Crippen molar-refractivity contribution in [1.82, 2.24) is 4.98 Å². The van der Waals surface area contributed by atoms with E-state index in [-0.39, 0.29) is 0 Å². The molecule has 0 saturated heterocycles. The first kappa shape index (κ1) is 11.4. The van der Waals surface area contributed by atoms with Gasteiger partial charge in [0.05, 0.1) is 0 Å². The summed E-state index contributed by atoms with van der Waals surface area (Å²) in [5.41, 5.74) is 4.38. The summed E-state index contributed by atoms with van der Waals surface area (Å²) in [5.74, 6) is 1.00. The molecule has 0 atom stereocenters. The first-order valence-corrected chi connectivity index (χ1v) is 6.06. The molecule has 0 aliphatic heterocycles. The van der Waals surface area contributed by atoms with Crippen LogP contribution in [-0.2, 0) is 11.8 Å². The maximum Gasteiger partial charge on any atom is 0.0480 e. The Bertz CT molecular complexity index is 469. The fourth-order valence-corrected chi connectivity index (χ4v) is 2.01. The number of alkyl halides is 2. The van der Waals surface area contributed by atoms with E-state index >= 15 is 0 Å². The summed E-state index contributed by atoms with van der Waals surface area (Å²) >= 11 is 11.8. The highest BCUT2D eigenvalue weighted by Crippen LogP contribution is 2.26. The molecule has 0 amide bonds. The van der Waals surface area contributed by atoms with Crippen molar-refractivity contribution in [2.75, 3.05) is 0 Å². The molecular formula is C13H11Cl2N. The van der Waals surface area contributed by atoms with Crippen molar-refractivity contribution < 1.29 is 0 Å². The van der Waals surface area contributed by atoms with E-state index in [2.05, 4.69) is 11.1 Å². The van der Waals surface area contributed by atoms with Gasteiger partial charge in [0, 0.05) is 29.7 Å². The molecule has 1 aromatic heterocycles. The number of hydrogen-bond acceptors (Lipinski definition) is 1. The third-order valence-corrected chi connectivity index (χ3v) is 3.04. The number of benzene rings is 1. The highest BCUT2D eigenvalue weighted by Gasteiger charge is 2.05. The lowest BCUT2D eigenvalue weighted by molar-refractivity contribution is 1.29. The van der Waals surface area contributed by atoms with Crippen LogP contribution in [0.5, 0.6) is 0 Å². The molecule has 0 unspecified atom stereocenters. The molecule has 1 aromatic carbocycles. The van der Waals surface area contributed by atoms with Crippen LogP contribution in [0.2, 0.25) is 0 Å². The van der Waals surface area contributed by atoms with Crippen LogP contribution >= 0.6 is 23.2 Å². The SMILES string of the molecule is ClCc1ccc(CCl)c(-c2cccnc2)c1. The largest absolute Gasteiger partial charge is 0.264 e. The van der Waals surface area contributed by atoms with E-state index in [0.29, 0.717) is 11.8 Å². The number of rotatable bonds is 3. The van der Waals surface area contributed by atoms with E-state index in [0.717, 1.165) is 22.3 Å². The molecule has 2 rings (SSSR count). The number of pyridine rings is 1. The molecule has 0 radical (unpaired) electrons. The first-order chi connectivity index (χ1) is 7.85. The highest BCUT2D eigenvalue weighted by atomic mass is 35.5. The quantitative estimate of drug-likeness (QED) is 0.745. The van der Waals surface area contributed by atoms with E-state index in [1.807, 2.05) is 30.5 Å². The van der Waals surface area contributed by atoms with Crippen LogP contribution in [-0.4, -0.2) is 4.98 Å². The van der Waals surface area contributed by atoms with Gasteiger partial charge in [0.25, 0.3) is 0 Å². The summed E-state index contributed by atoms with van der Waals surface area (Å²) in [4.78, 5) is 4.12. The Kier molecular flexibility index (Phi) is 3.81. The van der Waals surface area contributed by atoms with Gasteiger partial charge in [0.15, 0.2) is 0 Å². The summed E-state index contributed by atoms with van der Waals surface area (Å²) in [5, 5.41) is 0. The van der Waals surface area contributed by atoms with E-state index < -0.39 is 0 Å². The zero-order valence-electron chi connectivity index (χ0n) is 8.66. The van der Waals surface area contributed by atoms with Crippen LogP contribution < -0.4 is 0 Å². The summed E-state index contributed by atoms with van der Waals surface area (Å²) in [6.45, 7) is 0. The normalized spacial score (nSPS) is 10.4. The summed E-state index contributed by atoms with van der Waals surface area (Å²) in [6.07, 6.45) is 3.60. The van der Waals surface area contributed by atoms with E-state index in [4.69, 9.17) is 23.2 Å². The molecule has 1 nitrogen and oxygen atoms in total. The van der Waals surface area contributed by atoms with Crippen LogP contribution in [0.4, 0.5) is 0 Å². The third kappa shape index (κ3) is 2.37. The minimum atomic E-state index is 0.493. The minimum absolute atomic E-state index is 0.493. The number of halogens is 2. The Balaban J connectivity index is 2.53. The van der Waals surface area contributed by atoms with Gasteiger partial charge in [-0.25, -0.2) is 0 Å². The van der Waals surface area contributed by atoms with Crippen LogP contribution in [0.1, 0.15) is 11.1 Å². The second kappa shape index (κ2) is 5.33. The first-order valence-electron chi connectivity index (χ1n) is 4.99.